The van der Waals surface area contributed by atoms with Gasteiger partial charge in [0.25, 0.3) is 0 Å². The predicted octanol–water partition coefficient (Wildman–Crippen LogP) is 2.57. The zero-order chi connectivity index (χ0) is 16.7. The molecule has 1 aliphatic rings. The molecule has 23 heavy (non-hydrogen) atoms. The van der Waals surface area contributed by atoms with Crippen molar-refractivity contribution in [2.24, 2.45) is 0 Å². The highest BCUT2D eigenvalue weighted by Gasteiger charge is 2.17. The number of ether oxygens (including phenoxy) is 1. The maximum absolute atomic E-state index is 10.8. The first-order valence-corrected chi connectivity index (χ1v) is 8.41. The minimum atomic E-state index is -0.909. The SMILES string of the molecule is CN(C)C1CCCN(CCCOc2ccc(C(=O)O)cc2)CC1. The number of aromatic carboxylic acids is 1. The second-order valence-electron chi connectivity index (χ2n) is 6.42. The van der Waals surface area contributed by atoms with Gasteiger partial charge in [0.05, 0.1) is 12.2 Å². The van der Waals surface area contributed by atoms with Crippen LogP contribution in [0.1, 0.15) is 36.0 Å². The molecule has 1 aromatic carbocycles. The summed E-state index contributed by atoms with van der Waals surface area (Å²) in [6.07, 6.45) is 4.79. The van der Waals surface area contributed by atoms with Crippen molar-refractivity contribution in [1.82, 2.24) is 9.80 Å². The van der Waals surface area contributed by atoms with E-state index in [9.17, 15) is 4.79 Å². The Labute approximate surface area is 138 Å². The summed E-state index contributed by atoms with van der Waals surface area (Å²) in [6, 6.07) is 7.31. The lowest BCUT2D eigenvalue weighted by atomic mass is 10.1. The molecule has 128 valence electrons. The first-order valence-electron chi connectivity index (χ1n) is 8.41. The molecule has 0 radical (unpaired) electrons. The summed E-state index contributed by atoms with van der Waals surface area (Å²) in [6.45, 7) is 4.07. The molecule has 1 fully saturated rings. The number of carbonyl (C=O) groups is 1. The topological polar surface area (TPSA) is 53.0 Å². The monoisotopic (exact) mass is 320 g/mol. The molecule has 0 bridgehead atoms. The van der Waals surface area contributed by atoms with Crippen LogP contribution in [0.4, 0.5) is 0 Å². The predicted molar refractivity (Wildman–Crippen MR) is 91.3 cm³/mol. The average Bonchev–Trinajstić information content (AvgIpc) is 2.78. The lowest BCUT2D eigenvalue weighted by Crippen LogP contribution is -2.30. The van der Waals surface area contributed by atoms with Crippen LogP contribution in [0.25, 0.3) is 0 Å². The quantitative estimate of drug-likeness (QED) is 0.783. The van der Waals surface area contributed by atoms with E-state index < -0.39 is 5.97 Å². The summed E-state index contributed by atoms with van der Waals surface area (Å²) in [4.78, 5) is 15.7. The smallest absolute Gasteiger partial charge is 0.335 e. The number of nitrogens with zero attached hydrogens (tertiary/aromatic N) is 2. The Morgan fingerprint density at radius 1 is 1.26 bits per heavy atom. The van der Waals surface area contributed by atoms with Crippen LogP contribution in [0.5, 0.6) is 5.75 Å². The maximum atomic E-state index is 10.8. The standard InChI is InChI=1S/C18H28N2O3/c1-19(2)16-5-3-11-20(13-10-16)12-4-14-23-17-8-6-15(7-9-17)18(21)22/h6-9,16H,3-5,10-14H2,1-2H3,(H,21,22). The van der Waals surface area contributed by atoms with E-state index in [-0.39, 0.29) is 5.56 Å². The van der Waals surface area contributed by atoms with E-state index in [1.807, 2.05) is 0 Å². The van der Waals surface area contributed by atoms with E-state index in [4.69, 9.17) is 9.84 Å². The Morgan fingerprint density at radius 3 is 2.65 bits per heavy atom. The maximum Gasteiger partial charge on any atom is 0.335 e. The third kappa shape index (κ3) is 5.84. The molecule has 1 aromatic rings. The second kappa shape index (κ2) is 8.89. The molecule has 5 nitrogen and oxygen atoms in total. The molecular weight excluding hydrogens is 292 g/mol. The van der Waals surface area contributed by atoms with Crippen LogP contribution in [0, 0.1) is 0 Å². The van der Waals surface area contributed by atoms with Crippen LogP contribution in [0.3, 0.4) is 0 Å². The molecule has 2 rings (SSSR count). The van der Waals surface area contributed by atoms with E-state index in [0.717, 1.165) is 25.3 Å². The molecule has 0 spiro atoms. The molecule has 0 aliphatic carbocycles. The molecule has 0 aromatic heterocycles. The van der Waals surface area contributed by atoms with E-state index in [1.54, 1.807) is 24.3 Å². The summed E-state index contributed by atoms with van der Waals surface area (Å²) < 4.78 is 5.69. The van der Waals surface area contributed by atoms with Gasteiger partial charge < -0.3 is 19.6 Å². The molecule has 1 unspecified atom stereocenters. The minimum absolute atomic E-state index is 0.289. The van der Waals surface area contributed by atoms with Crippen LogP contribution in [-0.4, -0.2) is 67.3 Å². The van der Waals surface area contributed by atoms with Gasteiger partial charge in [-0.1, -0.05) is 0 Å². The number of likely N-dealkylation sites (tertiary alicyclic amines) is 1. The van der Waals surface area contributed by atoms with Crippen molar-refractivity contribution in [1.29, 1.82) is 0 Å². The van der Waals surface area contributed by atoms with Crippen molar-refractivity contribution in [2.75, 3.05) is 40.3 Å². The van der Waals surface area contributed by atoms with Crippen molar-refractivity contribution in [3.63, 3.8) is 0 Å². The highest BCUT2D eigenvalue weighted by atomic mass is 16.5. The number of carboxylic acids is 1. The van der Waals surface area contributed by atoms with Crippen molar-refractivity contribution >= 4 is 5.97 Å². The van der Waals surface area contributed by atoms with Crippen LogP contribution < -0.4 is 4.74 Å². The molecule has 1 aliphatic heterocycles. The third-order valence-corrected chi connectivity index (χ3v) is 4.51. The Bertz CT molecular complexity index is 488. The van der Waals surface area contributed by atoms with Gasteiger partial charge in [0.2, 0.25) is 0 Å². The van der Waals surface area contributed by atoms with Crippen molar-refractivity contribution in [3.8, 4) is 5.75 Å². The summed E-state index contributed by atoms with van der Waals surface area (Å²) in [7, 11) is 4.34. The molecule has 1 N–H and O–H groups in total. The van der Waals surface area contributed by atoms with Crippen molar-refractivity contribution in [3.05, 3.63) is 29.8 Å². The lowest BCUT2D eigenvalue weighted by Gasteiger charge is -2.23. The van der Waals surface area contributed by atoms with Crippen molar-refractivity contribution in [2.45, 2.75) is 31.7 Å². The second-order valence-corrected chi connectivity index (χ2v) is 6.42. The number of rotatable bonds is 7. The van der Waals surface area contributed by atoms with Gasteiger partial charge in [-0.25, -0.2) is 4.79 Å². The summed E-state index contributed by atoms with van der Waals surface area (Å²) in [5.74, 6) is -0.174. The molecule has 1 heterocycles. The summed E-state index contributed by atoms with van der Waals surface area (Å²) in [5.41, 5.74) is 0.289. The molecule has 0 amide bonds. The van der Waals surface area contributed by atoms with Crippen LogP contribution >= 0.6 is 0 Å². The van der Waals surface area contributed by atoms with Crippen LogP contribution in [0.15, 0.2) is 24.3 Å². The highest BCUT2D eigenvalue weighted by Crippen LogP contribution is 2.15. The van der Waals surface area contributed by atoms with E-state index in [0.29, 0.717) is 12.6 Å². The first-order chi connectivity index (χ1) is 11.1. The highest BCUT2D eigenvalue weighted by molar-refractivity contribution is 5.87. The summed E-state index contributed by atoms with van der Waals surface area (Å²) >= 11 is 0. The fourth-order valence-corrected chi connectivity index (χ4v) is 3.05. The van der Waals surface area contributed by atoms with Gasteiger partial charge in [0.1, 0.15) is 5.75 Å². The Kier molecular flexibility index (Phi) is 6.86. The van der Waals surface area contributed by atoms with E-state index >= 15 is 0 Å². The van der Waals surface area contributed by atoms with Gasteiger partial charge in [-0.05, 0) is 77.1 Å². The Morgan fingerprint density at radius 2 is 2.00 bits per heavy atom. The van der Waals surface area contributed by atoms with Gasteiger partial charge >= 0.3 is 5.97 Å². The molecule has 1 saturated heterocycles. The Balaban J connectivity index is 1.66. The fraction of sp³-hybridized carbons (Fsp3) is 0.611. The first kappa shape index (κ1) is 17.8. The number of benzene rings is 1. The minimum Gasteiger partial charge on any atom is -0.494 e. The fourth-order valence-electron chi connectivity index (χ4n) is 3.05. The van der Waals surface area contributed by atoms with Gasteiger partial charge in [-0.3, -0.25) is 0 Å². The molecular formula is C18H28N2O3. The van der Waals surface area contributed by atoms with Crippen molar-refractivity contribution < 1.29 is 14.6 Å². The lowest BCUT2D eigenvalue weighted by molar-refractivity contribution is 0.0697. The van der Waals surface area contributed by atoms with E-state index in [1.165, 1.54) is 25.8 Å². The third-order valence-electron chi connectivity index (χ3n) is 4.51. The molecule has 0 saturated carbocycles. The largest absolute Gasteiger partial charge is 0.494 e. The van der Waals surface area contributed by atoms with Gasteiger partial charge in [-0.2, -0.15) is 0 Å². The number of hydrogen-bond acceptors (Lipinski definition) is 4. The Hall–Kier alpha value is -1.59. The zero-order valence-corrected chi connectivity index (χ0v) is 14.2. The van der Waals surface area contributed by atoms with Gasteiger partial charge in [0, 0.05) is 12.6 Å². The van der Waals surface area contributed by atoms with Gasteiger partial charge in [0.15, 0.2) is 0 Å². The molecule has 5 heteroatoms. The number of hydrogen-bond donors (Lipinski definition) is 1. The van der Waals surface area contributed by atoms with Gasteiger partial charge in [-0.15, -0.1) is 0 Å². The number of carboxylic acid groups (broad SMARTS) is 1. The molecule has 1 atom stereocenters. The summed E-state index contributed by atoms with van der Waals surface area (Å²) in [5, 5.41) is 8.86. The normalized spacial score (nSPS) is 19.5. The van der Waals surface area contributed by atoms with Crippen LogP contribution in [-0.2, 0) is 0 Å². The van der Waals surface area contributed by atoms with Crippen LogP contribution in [0.2, 0.25) is 0 Å². The average molecular weight is 320 g/mol. The van der Waals surface area contributed by atoms with E-state index in [2.05, 4.69) is 23.9 Å². The zero-order valence-electron chi connectivity index (χ0n) is 14.2.